The van der Waals surface area contributed by atoms with E-state index in [9.17, 15) is 9.18 Å². The van der Waals surface area contributed by atoms with E-state index in [0.29, 0.717) is 18.0 Å². The van der Waals surface area contributed by atoms with Crippen LogP contribution in [0.25, 0.3) is 0 Å². The molecule has 7 heteroatoms. The minimum Gasteiger partial charge on any atom is -0.370 e. The molecule has 2 bridgehead atoms. The Morgan fingerprint density at radius 1 is 1.34 bits per heavy atom. The van der Waals surface area contributed by atoms with E-state index in [2.05, 4.69) is 15.4 Å². The highest BCUT2D eigenvalue weighted by Crippen LogP contribution is 2.54. The zero-order chi connectivity index (χ0) is 20.2. The normalized spacial score (nSPS) is 30.7. The van der Waals surface area contributed by atoms with Crippen LogP contribution in [0.4, 0.5) is 4.39 Å². The van der Waals surface area contributed by atoms with Crippen LogP contribution in [-0.4, -0.2) is 47.3 Å². The standard InChI is InChI=1S/C22H26FN3O3/c1-13-5-15(8-16(23)6-13)21(27)24-9-18-19-11-26(10-17-7-14(2)29-25-17)12-22(19)4-3-20(18)28-22/h5-8,18-20H,3-4,9-12H2,1-2H3,(H,24,27)/t18-,19+,20+,22+/m0/s1. The van der Waals surface area contributed by atoms with Gasteiger partial charge in [0.1, 0.15) is 11.6 Å². The zero-order valence-electron chi connectivity index (χ0n) is 16.8. The zero-order valence-corrected chi connectivity index (χ0v) is 16.8. The molecule has 5 rings (SSSR count). The van der Waals surface area contributed by atoms with Gasteiger partial charge in [-0.1, -0.05) is 5.16 Å². The molecule has 154 valence electrons. The van der Waals surface area contributed by atoms with Crippen molar-refractivity contribution in [3.8, 4) is 0 Å². The number of halogens is 1. The Hall–Kier alpha value is -2.25. The third-order valence-corrected chi connectivity index (χ3v) is 6.72. The fraction of sp³-hybridized carbons (Fsp3) is 0.545. The number of rotatable bonds is 5. The van der Waals surface area contributed by atoms with Crippen molar-refractivity contribution in [2.45, 2.75) is 44.9 Å². The molecular formula is C22H26FN3O3. The average Bonchev–Trinajstić information content (AvgIpc) is 3.40. The molecule has 4 heterocycles. The first-order valence-corrected chi connectivity index (χ1v) is 10.3. The number of aromatic nitrogens is 1. The molecule has 29 heavy (non-hydrogen) atoms. The van der Waals surface area contributed by atoms with Crippen LogP contribution in [0, 0.1) is 31.5 Å². The molecule has 1 aromatic heterocycles. The third-order valence-electron chi connectivity index (χ3n) is 6.72. The maximum absolute atomic E-state index is 13.6. The second kappa shape index (κ2) is 6.92. The highest BCUT2D eigenvalue weighted by Gasteiger charge is 2.62. The molecule has 0 radical (unpaired) electrons. The van der Waals surface area contributed by atoms with E-state index in [1.54, 1.807) is 13.0 Å². The summed E-state index contributed by atoms with van der Waals surface area (Å²) in [5.74, 6) is 0.891. The minimum absolute atomic E-state index is 0.103. The monoisotopic (exact) mass is 399 g/mol. The molecule has 1 aromatic carbocycles. The molecule has 3 aliphatic rings. The highest BCUT2D eigenvalue weighted by molar-refractivity contribution is 5.94. The largest absolute Gasteiger partial charge is 0.370 e. The van der Waals surface area contributed by atoms with Crippen molar-refractivity contribution in [3.05, 3.63) is 52.7 Å². The Kier molecular flexibility index (Phi) is 4.47. The summed E-state index contributed by atoms with van der Waals surface area (Å²) in [5, 5.41) is 7.14. The van der Waals surface area contributed by atoms with Gasteiger partial charge >= 0.3 is 0 Å². The third kappa shape index (κ3) is 3.36. The van der Waals surface area contributed by atoms with Gasteiger partial charge < -0.3 is 14.6 Å². The molecule has 1 spiro atoms. The van der Waals surface area contributed by atoms with Crippen molar-refractivity contribution in [2.24, 2.45) is 11.8 Å². The molecule has 2 aromatic rings. The number of nitrogens with one attached hydrogen (secondary N) is 1. The fourth-order valence-corrected chi connectivity index (χ4v) is 5.58. The van der Waals surface area contributed by atoms with Crippen LogP contribution in [0.3, 0.4) is 0 Å². The fourth-order valence-electron chi connectivity index (χ4n) is 5.58. The lowest BCUT2D eigenvalue weighted by molar-refractivity contribution is 0.00197. The first kappa shape index (κ1) is 18.8. The Bertz CT molecular complexity index is 925. The van der Waals surface area contributed by atoms with Gasteiger partial charge in [0, 0.05) is 49.6 Å². The quantitative estimate of drug-likeness (QED) is 0.838. The molecule has 1 amide bonds. The van der Waals surface area contributed by atoms with Gasteiger partial charge in [0.05, 0.1) is 17.4 Å². The first-order chi connectivity index (χ1) is 13.9. The predicted octanol–water partition coefficient (Wildman–Crippen LogP) is 2.84. The van der Waals surface area contributed by atoms with Crippen LogP contribution in [0.5, 0.6) is 0 Å². The van der Waals surface area contributed by atoms with Crippen molar-refractivity contribution in [1.29, 1.82) is 0 Å². The summed E-state index contributed by atoms with van der Waals surface area (Å²) in [7, 11) is 0. The maximum atomic E-state index is 13.6. The molecule has 0 saturated carbocycles. The van der Waals surface area contributed by atoms with Crippen molar-refractivity contribution in [2.75, 3.05) is 19.6 Å². The summed E-state index contributed by atoms with van der Waals surface area (Å²) < 4.78 is 25.3. The molecule has 4 atom stereocenters. The molecule has 0 aliphatic carbocycles. The smallest absolute Gasteiger partial charge is 0.251 e. The van der Waals surface area contributed by atoms with Crippen molar-refractivity contribution < 1.29 is 18.4 Å². The Morgan fingerprint density at radius 3 is 2.97 bits per heavy atom. The van der Waals surface area contributed by atoms with Crippen molar-refractivity contribution in [3.63, 3.8) is 0 Å². The number of benzene rings is 1. The van der Waals surface area contributed by atoms with E-state index < -0.39 is 0 Å². The summed E-state index contributed by atoms with van der Waals surface area (Å²) in [6.07, 6.45) is 2.31. The second-order valence-corrected chi connectivity index (χ2v) is 8.86. The summed E-state index contributed by atoms with van der Waals surface area (Å²) in [5.41, 5.74) is 1.95. The van der Waals surface area contributed by atoms with Crippen molar-refractivity contribution in [1.82, 2.24) is 15.4 Å². The minimum atomic E-state index is -0.383. The molecule has 3 aliphatic heterocycles. The van der Waals surface area contributed by atoms with Gasteiger partial charge in [-0.15, -0.1) is 0 Å². The summed E-state index contributed by atoms with van der Waals surface area (Å²) in [4.78, 5) is 14.9. The van der Waals surface area contributed by atoms with Crippen LogP contribution in [-0.2, 0) is 11.3 Å². The van der Waals surface area contributed by atoms with Gasteiger partial charge in [-0.25, -0.2) is 4.39 Å². The van der Waals surface area contributed by atoms with Crippen molar-refractivity contribution >= 4 is 5.91 Å². The van der Waals surface area contributed by atoms with E-state index >= 15 is 0 Å². The number of fused-ring (bicyclic) bond motifs is 1. The van der Waals surface area contributed by atoms with Gasteiger partial charge in [0.2, 0.25) is 0 Å². The van der Waals surface area contributed by atoms with E-state index in [4.69, 9.17) is 9.26 Å². The molecule has 0 unspecified atom stereocenters. The topological polar surface area (TPSA) is 67.6 Å². The maximum Gasteiger partial charge on any atom is 0.251 e. The Balaban J connectivity index is 1.25. The second-order valence-electron chi connectivity index (χ2n) is 8.86. The highest BCUT2D eigenvalue weighted by atomic mass is 19.1. The van der Waals surface area contributed by atoms with E-state index in [1.165, 1.54) is 12.1 Å². The predicted molar refractivity (Wildman–Crippen MR) is 104 cm³/mol. The average molecular weight is 399 g/mol. The van der Waals surface area contributed by atoms with Crippen LogP contribution in [0.1, 0.15) is 40.2 Å². The van der Waals surface area contributed by atoms with Gasteiger partial charge in [-0.05, 0) is 50.5 Å². The number of amides is 1. The Morgan fingerprint density at radius 2 is 2.21 bits per heavy atom. The first-order valence-electron chi connectivity index (χ1n) is 10.3. The lowest BCUT2D eigenvalue weighted by Gasteiger charge is -2.29. The van der Waals surface area contributed by atoms with Crippen LogP contribution < -0.4 is 5.32 Å². The number of hydrogen-bond donors (Lipinski definition) is 1. The summed E-state index contributed by atoms with van der Waals surface area (Å²) >= 11 is 0. The molecular weight excluding hydrogens is 373 g/mol. The Labute approximate surface area is 169 Å². The molecule has 6 nitrogen and oxygen atoms in total. The van der Waals surface area contributed by atoms with Gasteiger partial charge in [0.25, 0.3) is 5.91 Å². The number of carbonyl (C=O) groups is 1. The number of carbonyl (C=O) groups excluding carboxylic acids is 1. The lowest BCUT2D eigenvalue weighted by Crippen LogP contribution is -2.41. The van der Waals surface area contributed by atoms with E-state index in [0.717, 1.165) is 49.5 Å². The molecule has 1 N–H and O–H groups in total. The number of likely N-dealkylation sites (tertiary alicyclic amines) is 1. The number of ether oxygens (including phenoxy) is 1. The number of aryl methyl sites for hydroxylation is 2. The summed E-state index contributed by atoms with van der Waals surface area (Å²) in [6, 6.07) is 6.41. The van der Waals surface area contributed by atoms with Crippen LogP contribution in [0.2, 0.25) is 0 Å². The van der Waals surface area contributed by atoms with E-state index in [1.807, 2.05) is 13.0 Å². The molecule has 3 saturated heterocycles. The van der Waals surface area contributed by atoms with Gasteiger partial charge in [-0.2, -0.15) is 0 Å². The number of nitrogens with zero attached hydrogens (tertiary/aromatic N) is 2. The van der Waals surface area contributed by atoms with Gasteiger partial charge in [-0.3, -0.25) is 9.69 Å². The SMILES string of the molecule is Cc1cc(F)cc(C(=O)NC[C@H]2[C@H]3CN(Cc4cc(C)on4)C[C@]34CC[C@H]2O4)c1. The lowest BCUT2D eigenvalue weighted by atomic mass is 9.73. The van der Waals surface area contributed by atoms with Gasteiger partial charge in [0.15, 0.2) is 0 Å². The van der Waals surface area contributed by atoms with Crippen LogP contribution in [0.15, 0.2) is 28.8 Å². The van der Waals surface area contributed by atoms with Crippen LogP contribution >= 0.6 is 0 Å². The molecule has 3 fully saturated rings. The summed E-state index contributed by atoms with van der Waals surface area (Å²) in [6.45, 7) is 6.83. The van der Waals surface area contributed by atoms with E-state index in [-0.39, 0.29) is 29.3 Å². The number of hydrogen-bond acceptors (Lipinski definition) is 5.